The summed E-state index contributed by atoms with van der Waals surface area (Å²) in [5.74, 6) is 0.493. The zero-order valence-electron chi connectivity index (χ0n) is 20.9. The molecule has 0 saturated carbocycles. The lowest BCUT2D eigenvalue weighted by Gasteiger charge is -2.29. The minimum Gasteiger partial charge on any atom is -0.333 e. The maximum absolute atomic E-state index is 13.1. The van der Waals surface area contributed by atoms with Gasteiger partial charge in [0.25, 0.3) is 0 Å². The molecule has 0 aliphatic heterocycles. The molecule has 0 saturated heterocycles. The first-order valence-electron chi connectivity index (χ1n) is 11.6. The largest absolute Gasteiger partial charge is 0.333 e. The summed E-state index contributed by atoms with van der Waals surface area (Å²) in [5, 5.41) is 10.7. The summed E-state index contributed by atoms with van der Waals surface area (Å²) in [6, 6.07) is 19.4. The second-order valence-electron chi connectivity index (χ2n) is 10.0. The lowest BCUT2D eigenvalue weighted by molar-refractivity contribution is -0.116. The summed E-state index contributed by atoms with van der Waals surface area (Å²) in [6.45, 7) is 12.2. The van der Waals surface area contributed by atoms with Crippen molar-refractivity contribution >= 4 is 17.8 Å². The van der Waals surface area contributed by atoms with Crippen LogP contribution in [-0.2, 0) is 4.79 Å². The maximum atomic E-state index is 13.1. The van der Waals surface area contributed by atoms with Crippen LogP contribution < -0.4 is 10.6 Å². The van der Waals surface area contributed by atoms with Gasteiger partial charge < -0.3 is 15.5 Å². The summed E-state index contributed by atoms with van der Waals surface area (Å²) < 4.78 is 1.72. The minimum atomic E-state index is -0.391. The van der Waals surface area contributed by atoms with E-state index >= 15 is 0 Å². The van der Waals surface area contributed by atoms with Gasteiger partial charge in [-0.15, -0.1) is 0 Å². The van der Waals surface area contributed by atoms with Crippen LogP contribution in [0.1, 0.15) is 40.2 Å². The standard InChI is InChI=1S/C27H35N5O2/c1-19(2)17-31(26(34)29-27(4,5)6)18-25(33)28-24-16-23(21-10-8-7-9-11-21)30-32(24)22-14-12-20(3)13-15-22/h7-16,19H,17-18H2,1-6H3,(H,28,33)(H,29,34). The average Bonchev–Trinajstić information content (AvgIpc) is 3.16. The third-order valence-electron chi connectivity index (χ3n) is 5.01. The molecule has 34 heavy (non-hydrogen) atoms. The van der Waals surface area contributed by atoms with Crippen molar-refractivity contribution in [1.29, 1.82) is 0 Å². The molecule has 2 N–H and O–H groups in total. The van der Waals surface area contributed by atoms with Gasteiger partial charge in [-0.25, -0.2) is 9.48 Å². The van der Waals surface area contributed by atoms with E-state index in [4.69, 9.17) is 5.10 Å². The smallest absolute Gasteiger partial charge is 0.318 e. The van der Waals surface area contributed by atoms with Gasteiger partial charge in [0.1, 0.15) is 12.4 Å². The summed E-state index contributed by atoms with van der Waals surface area (Å²) in [5.41, 5.74) is 3.29. The van der Waals surface area contributed by atoms with Gasteiger partial charge in [-0.2, -0.15) is 5.10 Å². The number of carbonyl (C=O) groups excluding carboxylic acids is 2. The number of anilines is 1. The topological polar surface area (TPSA) is 79.3 Å². The molecule has 7 nitrogen and oxygen atoms in total. The SMILES string of the molecule is Cc1ccc(-n2nc(-c3ccccc3)cc2NC(=O)CN(CC(C)C)C(=O)NC(C)(C)C)cc1. The van der Waals surface area contributed by atoms with Crippen LogP contribution in [0.5, 0.6) is 0 Å². The summed E-state index contributed by atoms with van der Waals surface area (Å²) in [7, 11) is 0. The Bertz CT molecular complexity index is 1110. The van der Waals surface area contributed by atoms with Crippen LogP contribution in [0.15, 0.2) is 60.7 Å². The van der Waals surface area contributed by atoms with Gasteiger partial charge >= 0.3 is 6.03 Å². The van der Waals surface area contributed by atoms with E-state index in [0.717, 1.165) is 22.5 Å². The zero-order valence-corrected chi connectivity index (χ0v) is 20.9. The van der Waals surface area contributed by atoms with E-state index in [-0.39, 0.29) is 24.4 Å². The van der Waals surface area contributed by atoms with Gasteiger partial charge in [0.15, 0.2) is 0 Å². The molecule has 0 radical (unpaired) electrons. The Morgan fingerprint density at radius 2 is 1.68 bits per heavy atom. The highest BCUT2D eigenvalue weighted by molar-refractivity contribution is 5.94. The Labute approximate surface area is 202 Å². The molecule has 180 valence electrons. The number of hydrogen-bond donors (Lipinski definition) is 2. The van der Waals surface area contributed by atoms with Crippen molar-refractivity contribution in [3.05, 3.63) is 66.2 Å². The molecule has 0 fully saturated rings. The molecule has 0 atom stereocenters. The Balaban J connectivity index is 1.87. The highest BCUT2D eigenvalue weighted by atomic mass is 16.2. The van der Waals surface area contributed by atoms with Gasteiger partial charge in [-0.1, -0.05) is 61.9 Å². The quantitative estimate of drug-likeness (QED) is 0.504. The van der Waals surface area contributed by atoms with E-state index in [1.165, 1.54) is 0 Å². The van der Waals surface area contributed by atoms with Crippen molar-refractivity contribution in [2.75, 3.05) is 18.4 Å². The Morgan fingerprint density at radius 1 is 1.03 bits per heavy atom. The molecule has 0 aliphatic rings. The van der Waals surface area contributed by atoms with Crippen molar-refractivity contribution in [3.63, 3.8) is 0 Å². The van der Waals surface area contributed by atoms with E-state index in [2.05, 4.69) is 10.6 Å². The Morgan fingerprint density at radius 3 is 2.26 bits per heavy atom. The van der Waals surface area contributed by atoms with Crippen molar-refractivity contribution in [2.45, 2.75) is 47.1 Å². The first-order valence-corrected chi connectivity index (χ1v) is 11.6. The fourth-order valence-electron chi connectivity index (χ4n) is 3.52. The molecule has 3 aromatic rings. The second-order valence-corrected chi connectivity index (χ2v) is 10.0. The number of benzene rings is 2. The highest BCUT2D eigenvalue weighted by Crippen LogP contribution is 2.25. The molecule has 0 unspecified atom stereocenters. The molecule has 3 rings (SSSR count). The van der Waals surface area contributed by atoms with Crippen molar-refractivity contribution < 1.29 is 9.59 Å². The molecule has 3 amide bonds. The molecule has 1 heterocycles. The number of amides is 3. The number of carbonyl (C=O) groups is 2. The number of aryl methyl sites for hydroxylation is 1. The number of urea groups is 1. The zero-order chi connectivity index (χ0) is 24.9. The maximum Gasteiger partial charge on any atom is 0.318 e. The van der Waals surface area contributed by atoms with Crippen LogP contribution in [0, 0.1) is 12.8 Å². The first-order chi connectivity index (χ1) is 16.0. The Kier molecular flexibility index (Phi) is 7.76. The predicted molar refractivity (Wildman–Crippen MR) is 137 cm³/mol. The average molecular weight is 462 g/mol. The van der Waals surface area contributed by atoms with Gasteiger partial charge in [0.05, 0.1) is 11.4 Å². The first kappa shape index (κ1) is 25.0. The lowest BCUT2D eigenvalue weighted by Crippen LogP contribution is -2.51. The number of nitrogens with zero attached hydrogens (tertiary/aromatic N) is 3. The second kappa shape index (κ2) is 10.5. The van der Waals surface area contributed by atoms with E-state index in [1.54, 1.807) is 9.58 Å². The number of nitrogens with one attached hydrogen (secondary N) is 2. The molecule has 0 aliphatic carbocycles. The van der Waals surface area contributed by atoms with Gasteiger partial charge in [-0.05, 0) is 45.7 Å². The van der Waals surface area contributed by atoms with Crippen molar-refractivity contribution in [1.82, 2.24) is 20.0 Å². The molecule has 7 heteroatoms. The normalized spacial score (nSPS) is 11.4. The molecule has 0 spiro atoms. The lowest BCUT2D eigenvalue weighted by atomic mass is 10.1. The molecule has 1 aromatic heterocycles. The van der Waals surface area contributed by atoms with Crippen LogP contribution in [-0.4, -0.2) is 45.2 Å². The predicted octanol–water partition coefficient (Wildman–Crippen LogP) is 5.25. The Hall–Kier alpha value is -3.61. The van der Waals surface area contributed by atoms with Crippen molar-refractivity contribution in [2.24, 2.45) is 5.92 Å². The van der Waals surface area contributed by atoms with E-state index in [0.29, 0.717) is 12.4 Å². The fourth-order valence-corrected chi connectivity index (χ4v) is 3.52. The van der Waals surface area contributed by atoms with Crippen LogP contribution in [0.25, 0.3) is 16.9 Å². The van der Waals surface area contributed by atoms with E-state index < -0.39 is 5.54 Å². The van der Waals surface area contributed by atoms with Crippen LogP contribution in [0.4, 0.5) is 10.6 Å². The third kappa shape index (κ3) is 6.94. The van der Waals surface area contributed by atoms with Gasteiger partial charge in [-0.3, -0.25) is 4.79 Å². The monoisotopic (exact) mass is 461 g/mol. The van der Waals surface area contributed by atoms with Crippen LogP contribution in [0.2, 0.25) is 0 Å². The van der Waals surface area contributed by atoms with Crippen LogP contribution >= 0.6 is 0 Å². The van der Waals surface area contributed by atoms with E-state index in [9.17, 15) is 9.59 Å². The molecular weight excluding hydrogens is 426 g/mol. The molecule has 2 aromatic carbocycles. The summed E-state index contributed by atoms with van der Waals surface area (Å²) in [6.07, 6.45) is 0. The van der Waals surface area contributed by atoms with Gasteiger partial charge in [0, 0.05) is 23.7 Å². The third-order valence-corrected chi connectivity index (χ3v) is 5.01. The molecular formula is C27H35N5O2. The fraction of sp³-hybridized carbons (Fsp3) is 0.370. The highest BCUT2D eigenvalue weighted by Gasteiger charge is 2.23. The van der Waals surface area contributed by atoms with E-state index in [1.807, 2.05) is 102 Å². The summed E-state index contributed by atoms with van der Waals surface area (Å²) in [4.78, 5) is 27.4. The number of aromatic nitrogens is 2. The van der Waals surface area contributed by atoms with Gasteiger partial charge in [0.2, 0.25) is 5.91 Å². The minimum absolute atomic E-state index is 0.0557. The number of rotatable bonds is 7. The molecule has 0 bridgehead atoms. The summed E-state index contributed by atoms with van der Waals surface area (Å²) >= 11 is 0. The van der Waals surface area contributed by atoms with Crippen molar-refractivity contribution in [3.8, 4) is 16.9 Å². The van der Waals surface area contributed by atoms with Crippen LogP contribution in [0.3, 0.4) is 0 Å². The number of hydrogen-bond acceptors (Lipinski definition) is 3.